The highest BCUT2D eigenvalue weighted by molar-refractivity contribution is 7.91. The Hall–Kier alpha value is -0.820. The quantitative estimate of drug-likeness (QED) is 0.768. The normalized spacial score (nSPS) is 26.9. The van der Waals surface area contributed by atoms with E-state index in [-0.39, 0.29) is 36.5 Å². The van der Waals surface area contributed by atoms with Gasteiger partial charge in [0.05, 0.1) is 11.5 Å². The number of aliphatic hydroxyl groups is 1. The van der Waals surface area contributed by atoms with E-state index in [2.05, 4.69) is 5.32 Å². The average molecular weight is 279 g/mol. The zero-order valence-electron chi connectivity index (χ0n) is 11.0. The van der Waals surface area contributed by atoms with Gasteiger partial charge in [0.15, 0.2) is 9.84 Å². The van der Waals surface area contributed by atoms with Crippen LogP contribution in [0.2, 0.25) is 0 Å². The van der Waals surface area contributed by atoms with E-state index in [9.17, 15) is 13.2 Å². The topological polar surface area (TPSA) is 92.7 Å². The summed E-state index contributed by atoms with van der Waals surface area (Å²) in [6.07, 6.45) is -0.566. The van der Waals surface area contributed by atoms with Crippen molar-refractivity contribution in [2.75, 3.05) is 24.7 Å². The Labute approximate surface area is 108 Å². The zero-order chi connectivity index (χ0) is 14.0. The summed E-state index contributed by atoms with van der Waals surface area (Å²) in [5.41, 5.74) is -0.581. The number of carbonyl (C=O) groups is 1. The standard InChI is InChI=1S/C11H21NO5S/c1-11(2,3)17-10(14)12-4-8-6-18(15,16)7-9(8)5-13/h8-9,13H,4-7H2,1-3H3,(H,12,14). The van der Waals surface area contributed by atoms with Crippen LogP contribution >= 0.6 is 0 Å². The molecule has 0 bridgehead atoms. The summed E-state index contributed by atoms with van der Waals surface area (Å²) in [7, 11) is -3.09. The molecule has 1 aliphatic rings. The molecule has 1 amide bonds. The van der Waals surface area contributed by atoms with Gasteiger partial charge < -0.3 is 15.2 Å². The molecule has 6 nitrogen and oxygen atoms in total. The van der Waals surface area contributed by atoms with Crippen LogP contribution in [0, 0.1) is 11.8 Å². The first-order valence-corrected chi connectivity index (χ1v) is 7.73. The smallest absolute Gasteiger partial charge is 0.407 e. The van der Waals surface area contributed by atoms with E-state index < -0.39 is 21.5 Å². The number of nitrogens with one attached hydrogen (secondary N) is 1. The summed E-state index contributed by atoms with van der Waals surface area (Å²) in [5, 5.41) is 11.7. The molecule has 106 valence electrons. The molecule has 1 rings (SSSR count). The second kappa shape index (κ2) is 5.44. The van der Waals surface area contributed by atoms with Gasteiger partial charge in [-0.3, -0.25) is 0 Å². The van der Waals surface area contributed by atoms with Gasteiger partial charge in [0.1, 0.15) is 5.60 Å². The highest BCUT2D eigenvalue weighted by Crippen LogP contribution is 2.24. The number of ether oxygens (including phenoxy) is 1. The summed E-state index contributed by atoms with van der Waals surface area (Å²) >= 11 is 0. The van der Waals surface area contributed by atoms with Crippen LogP contribution in [-0.2, 0) is 14.6 Å². The lowest BCUT2D eigenvalue weighted by Gasteiger charge is -2.21. The van der Waals surface area contributed by atoms with Crippen LogP contribution in [0.1, 0.15) is 20.8 Å². The molecule has 2 N–H and O–H groups in total. The van der Waals surface area contributed by atoms with E-state index >= 15 is 0 Å². The van der Waals surface area contributed by atoms with E-state index in [4.69, 9.17) is 9.84 Å². The van der Waals surface area contributed by atoms with Crippen LogP contribution in [0.4, 0.5) is 4.79 Å². The van der Waals surface area contributed by atoms with E-state index in [1.807, 2.05) is 0 Å². The lowest BCUT2D eigenvalue weighted by molar-refractivity contribution is 0.0513. The molecule has 18 heavy (non-hydrogen) atoms. The first kappa shape index (κ1) is 15.2. The summed E-state index contributed by atoms with van der Waals surface area (Å²) in [5.74, 6) is -0.546. The molecule has 1 saturated heterocycles. The van der Waals surface area contributed by atoms with Crippen LogP contribution in [0.3, 0.4) is 0 Å². The Morgan fingerprint density at radius 1 is 1.33 bits per heavy atom. The van der Waals surface area contributed by atoms with Crippen LogP contribution in [0.25, 0.3) is 0 Å². The van der Waals surface area contributed by atoms with Gasteiger partial charge in [-0.25, -0.2) is 13.2 Å². The van der Waals surface area contributed by atoms with Crippen LogP contribution in [0.15, 0.2) is 0 Å². The average Bonchev–Trinajstić information content (AvgIpc) is 2.47. The fraction of sp³-hybridized carbons (Fsp3) is 0.909. The third kappa shape index (κ3) is 4.81. The molecular formula is C11H21NO5S. The number of carbonyl (C=O) groups excluding carboxylic acids is 1. The number of rotatable bonds is 3. The number of sulfone groups is 1. The first-order valence-electron chi connectivity index (χ1n) is 5.91. The van der Waals surface area contributed by atoms with Crippen LogP contribution in [-0.4, -0.2) is 49.9 Å². The molecule has 2 atom stereocenters. The molecule has 1 fully saturated rings. The van der Waals surface area contributed by atoms with Crippen molar-refractivity contribution in [2.24, 2.45) is 11.8 Å². The number of amides is 1. The predicted octanol–water partition coefficient (Wildman–Crippen LogP) is 0.164. The minimum Gasteiger partial charge on any atom is -0.444 e. The maximum Gasteiger partial charge on any atom is 0.407 e. The maximum absolute atomic E-state index is 11.4. The Morgan fingerprint density at radius 3 is 2.39 bits per heavy atom. The van der Waals surface area contributed by atoms with Gasteiger partial charge in [0, 0.05) is 19.1 Å². The van der Waals surface area contributed by atoms with Gasteiger partial charge in [-0.15, -0.1) is 0 Å². The van der Waals surface area contributed by atoms with Crippen molar-refractivity contribution in [1.82, 2.24) is 5.32 Å². The van der Waals surface area contributed by atoms with E-state index in [1.54, 1.807) is 20.8 Å². The van der Waals surface area contributed by atoms with E-state index in [0.29, 0.717) is 0 Å². The highest BCUT2D eigenvalue weighted by atomic mass is 32.2. The van der Waals surface area contributed by atoms with Gasteiger partial charge in [-0.1, -0.05) is 0 Å². The van der Waals surface area contributed by atoms with Crippen molar-refractivity contribution in [1.29, 1.82) is 0 Å². The fourth-order valence-electron chi connectivity index (χ4n) is 1.95. The largest absolute Gasteiger partial charge is 0.444 e. The molecule has 1 aliphatic heterocycles. The Morgan fingerprint density at radius 2 is 1.89 bits per heavy atom. The number of hydrogen-bond donors (Lipinski definition) is 2. The molecule has 1 heterocycles. The monoisotopic (exact) mass is 279 g/mol. The van der Waals surface area contributed by atoms with Crippen LogP contribution < -0.4 is 5.32 Å². The lowest BCUT2D eigenvalue weighted by atomic mass is 9.97. The number of alkyl carbamates (subject to hydrolysis) is 1. The molecule has 0 aromatic carbocycles. The third-order valence-corrected chi connectivity index (χ3v) is 4.62. The van der Waals surface area contributed by atoms with Crippen molar-refractivity contribution < 1.29 is 23.1 Å². The fourth-order valence-corrected chi connectivity index (χ4v) is 4.16. The third-order valence-electron chi connectivity index (χ3n) is 2.74. The molecular weight excluding hydrogens is 258 g/mol. The Bertz CT molecular complexity index is 398. The molecule has 0 aliphatic carbocycles. The van der Waals surface area contributed by atoms with Gasteiger partial charge in [-0.2, -0.15) is 0 Å². The Kier molecular flexibility index (Phi) is 4.61. The van der Waals surface area contributed by atoms with Crippen molar-refractivity contribution in [3.8, 4) is 0 Å². The summed E-state index contributed by atoms with van der Waals surface area (Å²) in [6, 6.07) is 0. The van der Waals surface area contributed by atoms with E-state index in [0.717, 1.165) is 0 Å². The maximum atomic E-state index is 11.4. The second-order valence-corrected chi connectivity index (χ2v) is 7.82. The van der Waals surface area contributed by atoms with Crippen molar-refractivity contribution in [3.05, 3.63) is 0 Å². The molecule has 0 spiro atoms. The zero-order valence-corrected chi connectivity index (χ0v) is 11.8. The van der Waals surface area contributed by atoms with Gasteiger partial charge in [0.2, 0.25) is 0 Å². The van der Waals surface area contributed by atoms with Gasteiger partial charge in [-0.05, 0) is 26.7 Å². The molecule has 2 unspecified atom stereocenters. The number of aliphatic hydroxyl groups excluding tert-OH is 1. The van der Waals surface area contributed by atoms with Crippen molar-refractivity contribution in [2.45, 2.75) is 26.4 Å². The molecule has 0 saturated carbocycles. The van der Waals surface area contributed by atoms with Crippen LogP contribution in [0.5, 0.6) is 0 Å². The SMILES string of the molecule is CC(C)(C)OC(=O)NCC1CS(=O)(=O)CC1CO. The molecule has 7 heteroatoms. The first-order chi connectivity index (χ1) is 8.13. The predicted molar refractivity (Wildman–Crippen MR) is 67.0 cm³/mol. The molecule has 0 aromatic heterocycles. The molecule has 0 radical (unpaired) electrons. The summed E-state index contributed by atoms with van der Waals surface area (Å²) in [6.45, 7) is 5.29. The van der Waals surface area contributed by atoms with Gasteiger partial charge >= 0.3 is 6.09 Å². The van der Waals surface area contributed by atoms with Crippen molar-refractivity contribution in [3.63, 3.8) is 0 Å². The lowest BCUT2D eigenvalue weighted by Crippen LogP contribution is -2.37. The Balaban J connectivity index is 2.46. The van der Waals surface area contributed by atoms with E-state index in [1.165, 1.54) is 0 Å². The molecule has 0 aromatic rings. The highest BCUT2D eigenvalue weighted by Gasteiger charge is 2.37. The van der Waals surface area contributed by atoms with Crippen molar-refractivity contribution >= 4 is 15.9 Å². The summed E-state index contributed by atoms with van der Waals surface area (Å²) in [4.78, 5) is 11.4. The second-order valence-electron chi connectivity index (χ2n) is 5.66. The van der Waals surface area contributed by atoms with Gasteiger partial charge in [0.25, 0.3) is 0 Å². The number of hydrogen-bond acceptors (Lipinski definition) is 5. The summed E-state index contributed by atoms with van der Waals surface area (Å²) < 4.78 is 27.9. The minimum absolute atomic E-state index is 0.00796. The minimum atomic E-state index is -3.09.